The Morgan fingerprint density at radius 1 is 1.25 bits per heavy atom. The van der Waals surface area contributed by atoms with Crippen LogP contribution < -0.4 is 4.90 Å². The molecule has 1 fully saturated rings. The average molecular weight is 273 g/mol. The number of nitrogens with zero attached hydrogens (tertiary/aromatic N) is 2. The van der Waals surface area contributed by atoms with Crippen molar-refractivity contribution in [3.8, 4) is 0 Å². The molecule has 1 aromatic carbocycles. The summed E-state index contributed by atoms with van der Waals surface area (Å²) in [6, 6.07) is 6.20. The highest BCUT2D eigenvalue weighted by atomic mass is 16.3. The number of hydrogen-bond donors (Lipinski definition) is 2. The molecule has 2 aromatic rings. The fourth-order valence-corrected chi connectivity index (χ4v) is 2.80. The first-order valence-corrected chi connectivity index (χ1v) is 6.96. The van der Waals surface area contributed by atoms with Crippen molar-refractivity contribution in [2.24, 2.45) is 0 Å². The minimum Gasteiger partial charge on any atom is -0.395 e. The number of rotatable bonds is 4. The molecular formula is C15H19N3O2. The summed E-state index contributed by atoms with van der Waals surface area (Å²) in [6.07, 6.45) is 2.64. The standard InChI is InChI=1S/C15H19N3O2/c19-8-7-17-3-5-18(6-4-17)13-1-2-15-14(9-13)12(11-20)10-16-15/h1-2,9-11,16,19H,3-8H2. The Bertz CT molecular complexity index is 600. The van der Waals surface area contributed by atoms with E-state index in [9.17, 15) is 4.79 Å². The van der Waals surface area contributed by atoms with E-state index in [1.807, 2.05) is 6.07 Å². The summed E-state index contributed by atoms with van der Waals surface area (Å²) < 4.78 is 0. The van der Waals surface area contributed by atoms with E-state index in [1.54, 1.807) is 6.20 Å². The van der Waals surface area contributed by atoms with Crippen LogP contribution in [0.4, 0.5) is 5.69 Å². The van der Waals surface area contributed by atoms with Crippen LogP contribution >= 0.6 is 0 Å². The van der Waals surface area contributed by atoms with Gasteiger partial charge >= 0.3 is 0 Å². The Balaban J connectivity index is 1.79. The van der Waals surface area contributed by atoms with Crippen LogP contribution in [0.15, 0.2) is 24.4 Å². The SMILES string of the molecule is O=Cc1c[nH]c2ccc(N3CCN(CCO)CC3)cc12. The number of fused-ring (bicyclic) bond motifs is 1. The molecular weight excluding hydrogens is 254 g/mol. The van der Waals surface area contributed by atoms with E-state index in [2.05, 4.69) is 26.9 Å². The van der Waals surface area contributed by atoms with Crippen LogP contribution in [0.3, 0.4) is 0 Å². The smallest absolute Gasteiger partial charge is 0.152 e. The number of H-pyrrole nitrogens is 1. The molecule has 106 valence electrons. The molecule has 5 heteroatoms. The lowest BCUT2D eigenvalue weighted by molar-refractivity contribution is 0.112. The molecule has 2 heterocycles. The second-order valence-corrected chi connectivity index (χ2v) is 5.14. The third kappa shape index (κ3) is 2.42. The van der Waals surface area contributed by atoms with Crippen LogP contribution in [-0.4, -0.2) is 60.6 Å². The Hall–Kier alpha value is -1.85. The van der Waals surface area contributed by atoms with E-state index < -0.39 is 0 Å². The first-order valence-electron chi connectivity index (χ1n) is 6.96. The van der Waals surface area contributed by atoms with Crippen molar-refractivity contribution in [3.63, 3.8) is 0 Å². The zero-order valence-corrected chi connectivity index (χ0v) is 11.4. The number of carbonyl (C=O) groups is 1. The fourth-order valence-electron chi connectivity index (χ4n) is 2.80. The molecule has 0 unspecified atom stereocenters. The van der Waals surface area contributed by atoms with Gasteiger partial charge < -0.3 is 15.0 Å². The van der Waals surface area contributed by atoms with Crippen LogP contribution in [0, 0.1) is 0 Å². The highest BCUT2D eigenvalue weighted by molar-refractivity contribution is 5.98. The molecule has 0 bridgehead atoms. The van der Waals surface area contributed by atoms with Gasteiger partial charge in [-0.1, -0.05) is 0 Å². The molecule has 0 radical (unpaired) electrons. The summed E-state index contributed by atoms with van der Waals surface area (Å²) in [5.74, 6) is 0. The van der Waals surface area contributed by atoms with Gasteiger partial charge in [-0.05, 0) is 18.2 Å². The maximum absolute atomic E-state index is 11.0. The maximum Gasteiger partial charge on any atom is 0.152 e. The largest absolute Gasteiger partial charge is 0.395 e. The Morgan fingerprint density at radius 2 is 2.05 bits per heavy atom. The lowest BCUT2D eigenvalue weighted by Gasteiger charge is -2.35. The molecule has 5 nitrogen and oxygen atoms in total. The molecule has 2 N–H and O–H groups in total. The third-order valence-corrected chi connectivity index (χ3v) is 3.98. The molecule has 1 aromatic heterocycles. The number of aliphatic hydroxyl groups excluding tert-OH is 1. The van der Waals surface area contributed by atoms with E-state index in [-0.39, 0.29) is 6.61 Å². The number of hydrogen-bond acceptors (Lipinski definition) is 4. The number of carbonyl (C=O) groups excluding carboxylic acids is 1. The Kier molecular flexibility index (Phi) is 3.71. The number of aldehydes is 1. The Labute approximate surface area is 117 Å². The molecule has 0 spiro atoms. The quantitative estimate of drug-likeness (QED) is 0.819. The second kappa shape index (κ2) is 5.64. The number of aromatic amines is 1. The number of anilines is 1. The molecule has 3 rings (SSSR count). The van der Waals surface area contributed by atoms with Crippen molar-refractivity contribution in [2.75, 3.05) is 44.2 Å². The summed E-state index contributed by atoms with van der Waals surface area (Å²) in [6.45, 7) is 4.80. The van der Waals surface area contributed by atoms with Crippen molar-refractivity contribution < 1.29 is 9.90 Å². The zero-order valence-electron chi connectivity index (χ0n) is 11.4. The van der Waals surface area contributed by atoms with E-state index in [0.29, 0.717) is 5.56 Å². The number of aromatic nitrogens is 1. The summed E-state index contributed by atoms with van der Waals surface area (Å²) in [5.41, 5.74) is 2.86. The third-order valence-electron chi connectivity index (χ3n) is 3.98. The monoisotopic (exact) mass is 273 g/mol. The lowest BCUT2D eigenvalue weighted by atomic mass is 10.1. The molecule has 0 amide bonds. The molecule has 1 saturated heterocycles. The first-order chi connectivity index (χ1) is 9.81. The number of benzene rings is 1. The van der Waals surface area contributed by atoms with Crippen molar-refractivity contribution >= 4 is 22.9 Å². The lowest BCUT2D eigenvalue weighted by Crippen LogP contribution is -2.47. The van der Waals surface area contributed by atoms with Crippen molar-refractivity contribution in [2.45, 2.75) is 0 Å². The van der Waals surface area contributed by atoms with Crippen molar-refractivity contribution in [3.05, 3.63) is 30.0 Å². The van der Waals surface area contributed by atoms with Crippen LogP contribution in [-0.2, 0) is 0 Å². The van der Waals surface area contributed by atoms with Crippen LogP contribution in [0.1, 0.15) is 10.4 Å². The highest BCUT2D eigenvalue weighted by Crippen LogP contribution is 2.24. The van der Waals surface area contributed by atoms with Crippen LogP contribution in [0.25, 0.3) is 10.9 Å². The molecule has 20 heavy (non-hydrogen) atoms. The van der Waals surface area contributed by atoms with Crippen molar-refractivity contribution in [1.29, 1.82) is 0 Å². The predicted octanol–water partition coefficient (Wildman–Crippen LogP) is 1.09. The topological polar surface area (TPSA) is 59.6 Å². The summed E-state index contributed by atoms with van der Waals surface area (Å²) in [7, 11) is 0. The average Bonchev–Trinajstić information content (AvgIpc) is 2.90. The maximum atomic E-state index is 11.0. The number of aliphatic hydroxyl groups is 1. The van der Waals surface area contributed by atoms with E-state index in [0.717, 1.165) is 55.6 Å². The van der Waals surface area contributed by atoms with Gasteiger partial charge in [-0.15, -0.1) is 0 Å². The zero-order chi connectivity index (χ0) is 13.9. The molecule has 1 aliphatic rings. The molecule has 0 aliphatic carbocycles. The van der Waals surface area contributed by atoms with Crippen LogP contribution in [0.2, 0.25) is 0 Å². The summed E-state index contributed by atoms with van der Waals surface area (Å²) in [4.78, 5) is 18.7. The summed E-state index contributed by atoms with van der Waals surface area (Å²) >= 11 is 0. The van der Waals surface area contributed by atoms with Gasteiger partial charge in [0.2, 0.25) is 0 Å². The minimum absolute atomic E-state index is 0.220. The van der Waals surface area contributed by atoms with Gasteiger partial charge in [0.1, 0.15) is 0 Å². The normalized spacial score (nSPS) is 16.8. The van der Waals surface area contributed by atoms with Gasteiger partial charge in [-0.25, -0.2) is 0 Å². The van der Waals surface area contributed by atoms with Gasteiger partial charge in [-0.2, -0.15) is 0 Å². The van der Waals surface area contributed by atoms with E-state index >= 15 is 0 Å². The van der Waals surface area contributed by atoms with Gasteiger partial charge in [-0.3, -0.25) is 9.69 Å². The number of nitrogens with one attached hydrogen (secondary N) is 1. The van der Waals surface area contributed by atoms with Gasteiger partial charge in [0, 0.05) is 61.1 Å². The minimum atomic E-state index is 0.220. The molecule has 0 atom stereocenters. The number of piperazine rings is 1. The first kappa shape index (κ1) is 13.1. The number of β-amino-alcohol motifs (C(OH)–C–C–N with tert-alkyl or cyclic N) is 1. The fraction of sp³-hybridized carbons (Fsp3) is 0.400. The summed E-state index contributed by atoms with van der Waals surface area (Å²) in [5, 5.41) is 9.94. The van der Waals surface area contributed by atoms with Gasteiger partial charge in [0.15, 0.2) is 6.29 Å². The molecule has 0 saturated carbocycles. The van der Waals surface area contributed by atoms with Crippen LogP contribution in [0.5, 0.6) is 0 Å². The van der Waals surface area contributed by atoms with Crippen molar-refractivity contribution in [1.82, 2.24) is 9.88 Å². The van der Waals surface area contributed by atoms with E-state index in [1.165, 1.54) is 0 Å². The van der Waals surface area contributed by atoms with E-state index in [4.69, 9.17) is 5.11 Å². The predicted molar refractivity (Wildman–Crippen MR) is 79.4 cm³/mol. The van der Waals surface area contributed by atoms with Gasteiger partial charge in [0.05, 0.1) is 6.61 Å². The van der Waals surface area contributed by atoms with Gasteiger partial charge in [0.25, 0.3) is 0 Å². The highest BCUT2D eigenvalue weighted by Gasteiger charge is 2.17. The second-order valence-electron chi connectivity index (χ2n) is 5.14. The molecule has 1 aliphatic heterocycles. The Morgan fingerprint density at radius 3 is 2.75 bits per heavy atom.